The molecule has 0 atom stereocenters. The second-order valence-electron chi connectivity index (χ2n) is 6.66. The van der Waals surface area contributed by atoms with Crippen LogP contribution in [-0.2, 0) is 34.3 Å². The van der Waals surface area contributed by atoms with E-state index in [1.54, 1.807) is 44.5 Å². The van der Waals surface area contributed by atoms with Crippen LogP contribution in [0.4, 0.5) is 0 Å². The predicted octanol–water partition coefficient (Wildman–Crippen LogP) is 1.73. The van der Waals surface area contributed by atoms with Crippen molar-refractivity contribution in [2.45, 2.75) is 19.4 Å². The fourth-order valence-electron chi connectivity index (χ4n) is 3.01. The number of nitrogens with zero attached hydrogens (tertiary/aromatic N) is 2. The topological polar surface area (TPSA) is 99.5 Å². The molecule has 1 heterocycles. The smallest absolute Gasteiger partial charge is 0.306 e. The normalized spacial score (nSPS) is 10.6. The van der Waals surface area contributed by atoms with Crippen LogP contribution in [0.1, 0.15) is 17.8 Å². The summed E-state index contributed by atoms with van der Waals surface area (Å²) in [6.45, 7) is -0.110. The van der Waals surface area contributed by atoms with Crippen LogP contribution in [0.5, 0.6) is 5.75 Å². The standard InChI is InChI=1S/C22H23N3O5/c1-25-19(24-17-9-5-4-8-16(17)22(25)28)11-12-21(27)30-14-20(26)23-13-15-7-3-6-10-18(15)29-2/h3-10H,11-14H2,1-2H3,(H,23,26). The van der Waals surface area contributed by atoms with Gasteiger partial charge in [0.2, 0.25) is 0 Å². The van der Waals surface area contributed by atoms with Gasteiger partial charge in [0.1, 0.15) is 11.6 Å². The van der Waals surface area contributed by atoms with Gasteiger partial charge in [-0.2, -0.15) is 0 Å². The van der Waals surface area contributed by atoms with Crippen LogP contribution in [0.25, 0.3) is 10.9 Å². The summed E-state index contributed by atoms with van der Waals surface area (Å²) in [5.74, 6) is 0.204. The van der Waals surface area contributed by atoms with E-state index in [2.05, 4.69) is 10.3 Å². The number of hydrogen-bond donors (Lipinski definition) is 1. The zero-order chi connectivity index (χ0) is 21.5. The number of carbonyl (C=O) groups excluding carboxylic acids is 2. The summed E-state index contributed by atoms with van der Waals surface area (Å²) >= 11 is 0. The molecule has 156 valence electrons. The van der Waals surface area contributed by atoms with Crippen molar-refractivity contribution in [2.24, 2.45) is 7.05 Å². The van der Waals surface area contributed by atoms with Crippen molar-refractivity contribution in [1.29, 1.82) is 0 Å². The summed E-state index contributed by atoms with van der Waals surface area (Å²) in [5, 5.41) is 3.21. The summed E-state index contributed by atoms with van der Waals surface area (Å²) in [6.07, 6.45) is 0.247. The molecule has 0 fully saturated rings. The van der Waals surface area contributed by atoms with Crippen molar-refractivity contribution in [3.05, 3.63) is 70.3 Å². The molecular weight excluding hydrogens is 386 g/mol. The number of carbonyl (C=O) groups is 2. The van der Waals surface area contributed by atoms with Crippen molar-refractivity contribution >= 4 is 22.8 Å². The molecule has 8 heteroatoms. The Balaban J connectivity index is 1.49. The zero-order valence-electron chi connectivity index (χ0n) is 16.9. The van der Waals surface area contributed by atoms with Crippen LogP contribution >= 0.6 is 0 Å². The van der Waals surface area contributed by atoms with Gasteiger partial charge < -0.3 is 14.8 Å². The summed E-state index contributed by atoms with van der Waals surface area (Å²) in [4.78, 5) is 40.8. The lowest BCUT2D eigenvalue weighted by Crippen LogP contribution is -2.28. The van der Waals surface area contributed by atoms with Crippen molar-refractivity contribution < 1.29 is 19.1 Å². The number of para-hydroxylation sites is 2. The van der Waals surface area contributed by atoms with Gasteiger partial charge in [-0.1, -0.05) is 30.3 Å². The highest BCUT2D eigenvalue weighted by Crippen LogP contribution is 2.16. The minimum Gasteiger partial charge on any atom is -0.496 e. The van der Waals surface area contributed by atoms with Crippen molar-refractivity contribution in [1.82, 2.24) is 14.9 Å². The Morgan fingerprint density at radius 3 is 2.63 bits per heavy atom. The number of rotatable bonds is 8. The van der Waals surface area contributed by atoms with Crippen LogP contribution < -0.4 is 15.6 Å². The monoisotopic (exact) mass is 409 g/mol. The van der Waals surface area contributed by atoms with Gasteiger partial charge in [0.15, 0.2) is 6.61 Å². The second kappa shape index (κ2) is 9.69. The lowest BCUT2D eigenvalue weighted by atomic mass is 10.2. The second-order valence-corrected chi connectivity index (χ2v) is 6.66. The van der Waals surface area contributed by atoms with Gasteiger partial charge in [-0.3, -0.25) is 19.0 Å². The number of nitrogens with one attached hydrogen (secondary N) is 1. The zero-order valence-corrected chi connectivity index (χ0v) is 16.9. The largest absolute Gasteiger partial charge is 0.496 e. The quantitative estimate of drug-likeness (QED) is 0.569. The number of esters is 1. The van der Waals surface area contributed by atoms with Crippen LogP contribution in [0.15, 0.2) is 53.3 Å². The Morgan fingerprint density at radius 2 is 1.83 bits per heavy atom. The van der Waals surface area contributed by atoms with E-state index >= 15 is 0 Å². The summed E-state index contributed by atoms with van der Waals surface area (Å²) in [7, 11) is 3.18. The molecule has 0 aliphatic heterocycles. The molecule has 30 heavy (non-hydrogen) atoms. The number of benzene rings is 2. The molecule has 0 spiro atoms. The van der Waals surface area contributed by atoms with E-state index in [1.165, 1.54) is 4.57 Å². The van der Waals surface area contributed by atoms with Crippen molar-refractivity contribution in [3.8, 4) is 5.75 Å². The van der Waals surface area contributed by atoms with Crippen LogP contribution in [0.3, 0.4) is 0 Å². The Labute approximate surface area is 173 Å². The number of methoxy groups -OCH3 is 1. The molecule has 0 aliphatic rings. The average Bonchev–Trinajstić information content (AvgIpc) is 2.77. The maximum atomic E-state index is 12.4. The molecule has 0 radical (unpaired) electrons. The van der Waals surface area contributed by atoms with E-state index in [-0.39, 0.29) is 31.6 Å². The number of hydrogen-bond acceptors (Lipinski definition) is 6. The lowest BCUT2D eigenvalue weighted by molar-refractivity contribution is -0.148. The van der Waals surface area contributed by atoms with Gasteiger partial charge in [-0.25, -0.2) is 4.98 Å². The van der Waals surface area contributed by atoms with Crippen molar-refractivity contribution in [3.63, 3.8) is 0 Å². The van der Waals surface area contributed by atoms with E-state index in [0.29, 0.717) is 22.5 Å². The third-order valence-electron chi connectivity index (χ3n) is 4.66. The molecule has 0 saturated carbocycles. The van der Waals surface area contributed by atoms with Crippen molar-refractivity contribution in [2.75, 3.05) is 13.7 Å². The SMILES string of the molecule is COc1ccccc1CNC(=O)COC(=O)CCc1nc2ccccc2c(=O)n1C. The highest BCUT2D eigenvalue weighted by Gasteiger charge is 2.12. The average molecular weight is 409 g/mol. The first-order chi connectivity index (χ1) is 14.5. The first-order valence-corrected chi connectivity index (χ1v) is 9.48. The molecule has 2 aromatic carbocycles. The van der Waals surface area contributed by atoms with E-state index < -0.39 is 11.9 Å². The molecule has 0 aliphatic carbocycles. The molecule has 8 nitrogen and oxygen atoms in total. The number of fused-ring (bicyclic) bond motifs is 1. The fourth-order valence-corrected chi connectivity index (χ4v) is 3.01. The third kappa shape index (κ3) is 5.02. The molecular formula is C22H23N3O5. The molecule has 1 amide bonds. The predicted molar refractivity (Wildman–Crippen MR) is 111 cm³/mol. The van der Waals surface area contributed by atoms with Crippen LogP contribution in [-0.4, -0.2) is 35.1 Å². The van der Waals surface area contributed by atoms with E-state index in [0.717, 1.165) is 5.56 Å². The van der Waals surface area contributed by atoms with Gasteiger partial charge in [-0.15, -0.1) is 0 Å². The molecule has 1 aromatic heterocycles. The molecule has 0 saturated heterocycles. The molecule has 3 aromatic rings. The van der Waals surface area contributed by atoms with E-state index in [9.17, 15) is 14.4 Å². The van der Waals surface area contributed by atoms with Gasteiger partial charge in [0.25, 0.3) is 11.5 Å². The Morgan fingerprint density at radius 1 is 1.10 bits per heavy atom. The first-order valence-electron chi connectivity index (χ1n) is 9.48. The minimum absolute atomic E-state index is 0.0123. The number of aryl methyl sites for hydroxylation is 1. The Kier molecular flexibility index (Phi) is 6.79. The molecule has 3 rings (SSSR count). The summed E-state index contributed by atoms with van der Waals surface area (Å²) < 4.78 is 11.7. The van der Waals surface area contributed by atoms with Gasteiger partial charge in [0.05, 0.1) is 24.4 Å². The summed E-state index contributed by atoms with van der Waals surface area (Å²) in [6, 6.07) is 14.4. The summed E-state index contributed by atoms with van der Waals surface area (Å²) in [5.41, 5.74) is 1.24. The number of ether oxygens (including phenoxy) is 2. The highest BCUT2D eigenvalue weighted by molar-refractivity contribution is 5.80. The lowest BCUT2D eigenvalue weighted by Gasteiger charge is -2.10. The van der Waals surface area contributed by atoms with Gasteiger partial charge in [0, 0.05) is 25.6 Å². The fraction of sp³-hybridized carbons (Fsp3) is 0.273. The van der Waals surface area contributed by atoms with E-state index in [1.807, 2.05) is 18.2 Å². The first kappa shape index (κ1) is 21.0. The minimum atomic E-state index is -0.537. The third-order valence-corrected chi connectivity index (χ3v) is 4.66. The van der Waals surface area contributed by atoms with Crippen LogP contribution in [0.2, 0.25) is 0 Å². The van der Waals surface area contributed by atoms with Gasteiger partial charge in [-0.05, 0) is 18.2 Å². The molecule has 1 N–H and O–H groups in total. The van der Waals surface area contributed by atoms with Gasteiger partial charge >= 0.3 is 5.97 Å². The number of amides is 1. The molecule has 0 unspecified atom stereocenters. The number of aromatic nitrogens is 2. The van der Waals surface area contributed by atoms with Crippen LogP contribution in [0, 0.1) is 0 Å². The Hall–Kier alpha value is -3.68. The molecule has 0 bridgehead atoms. The Bertz CT molecular complexity index is 1120. The highest BCUT2D eigenvalue weighted by atomic mass is 16.5. The maximum Gasteiger partial charge on any atom is 0.306 e. The maximum absolute atomic E-state index is 12.4. The van der Waals surface area contributed by atoms with E-state index in [4.69, 9.17) is 9.47 Å².